The van der Waals surface area contributed by atoms with Gasteiger partial charge < -0.3 is 24.2 Å². The molecule has 0 aliphatic heterocycles. The van der Waals surface area contributed by atoms with Crippen molar-refractivity contribution in [1.29, 1.82) is 0 Å². The highest BCUT2D eigenvalue weighted by Gasteiger charge is 2.28. The van der Waals surface area contributed by atoms with Gasteiger partial charge in [-0.3, -0.25) is 23.4 Å². The van der Waals surface area contributed by atoms with Gasteiger partial charge >= 0.3 is 25.7 Å². The molecule has 0 aromatic heterocycles. The largest absolute Gasteiger partial charge is 0.472 e. The fraction of sp³-hybridized carbons (Fsp3) is 0.650. The predicted octanol–water partition coefficient (Wildman–Crippen LogP) is 16.2. The fourth-order valence-corrected chi connectivity index (χ4v) is 7.79. The minimum Gasteiger partial charge on any atom is -0.462 e. The molecule has 2 N–H and O–H groups in total. The number of carbonyl (C=O) groups excluding carboxylic acids is 3. The van der Waals surface area contributed by atoms with Gasteiger partial charge in [0.1, 0.15) is 12.7 Å². The van der Waals surface area contributed by atoms with Gasteiger partial charge in [0.25, 0.3) is 0 Å². The van der Waals surface area contributed by atoms with Crippen molar-refractivity contribution in [3.05, 3.63) is 109 Å². The zero-order valence-electron chi connectivity index (χ0n) is 45.1. The maximum atomic E-state index is 12.9. The lowest BCUT2D eigenvalue weighted by atomic mass is 10.1. The summed E-state index contributed by atoms with van der Waals surface area (Å²) in [5.41, 5.74) is 0. The second-order valence-electron chi connectivity index (χ2n) is 18.0. The van der Waals surface area contributed by atoms with Gasteiger partial charge in [0, 0.05) is 19.3 Å². The minimum atomic E-state index is -4.78. The minimum absolute atomic E-state index is 0.0491. The Labute approximate surface area is 437 Å². The van der Waals surface area contributed by atoms with Crippen LogP contribution in [0.4, 0.5) is 0 Å². The van der Waals surface area contributed by atoms with E-state index in [0.29, 0.717) is 19.3 Å². The molecule has 0 saturated carbocycles. The molecule has 3 atom stereocenters. The number of hydrogen-bond acceptors (Lipinski definition) is 10. The van der Waals surface area contributed by atoms with E-state index in [1.807, 2.05) is 18.2 Å². The van der Waals surface area contributed by atoms with Crippen molar-refractivity contribution in [2.75, 3.05) is 26.4 Å². The molecule has 0 aromatic carbocycles. The number of phosphoric acid groups is 1. The Bertz CT molecular complexity index is 1620. The Balaban J connectivity index is 4.82. The summed E-state index contributed by atoms with van der Waals surface area (Å²) in [6.07, 6.45) is 63.6. The van der Waals surface area contributed by atoms with E-state index >= 15 is 0 Å². The Morgan fingerprint density at radius 3 is 1.21 bits per heavy atom. The SMILES string of the molecule is CC/C=C\C/C=C\C/C=C\C/C=C\CCC(=O)OC(CO)COP(=O)(O)OCC(COC(=O)CCCCC/C=C\C/C=C\C/C=C\CC)OC(=O)CCCCCCCCCCC/C=C\C/C=C\CCCCC. The molecule has 0 saturated heterocycles. The zero-order valence-corrected chi connectivity index (χ0v) is 46.0. The summed E-state index contributed by atoms with van der Waals surface area (Å²) in [6.45, 7) is 4.25. The third-order valence-electron chi connectivity index (χ3n) is 11.2. The van der Waals surface area contributed by atoms with Crippen LogP contribution in [0.15, 0.2) is 109 Å². The van der Waals surface area contributed by atoms with E-state index in [4.69, 9.17) is 23.3 Å². The quantitative estimate of drug-likeness (QED) is 0.0197. The average molecular weight is 1030 g/mol. The van der Waals surface area contributed by atoms with E-state index in [-0.39, 0.29) is 25.9 Å². The van der Waals surface area contributed by atoms with E-state index in [0.717, 1.165) is 103 Å². The van der Waals surface area contributed by atoms with E-state index in [1.165, 1.54) is 51.4 Å². The van der Waals surface area contributed by atoms with Gasteiger partial charge in [0.15, 0.2) is 6.10 Å². The van der Waals surface area contributed by atoms with Crippen LogP contribution in [0.2, 0.25) is 0 Å². The standard InChI is InChI=1S/C60H99O11P/c1-4-7-10-13-16-19-22-25-26-27-28-29-30-33-36-39-42-45-48-51-60(64)71-57(53-67-58(62)49-46-43-40-37-34-31-23-20-17-14-11-8-5-2)55-69-72(65,66)68-54-56(52-61)70-59(63)50-47-44-41-38-35-32-24-21-18-15-12-9-6-3/h8-9,11-12,16-21,25-26,31-32,34-35,41,44,56-57,61H,4-7,10,13-15,22-24,27-30,33,36-40,42-43,45-55H2,1-3H3,(H,65,66)/b11-8-,12-9-,19-16-,20-17-,21-18-,26-25-,34-31-,35-32-,44-41-. The number of phosphoric ester groups is 1. The maximum absolute atomic E-state index is 12.9. The first kappa shape index (κ1) is 68.1. The van der Waals surface area contributed by atoms with Crippen LogP contribution in [0.5, 0.6) is 0 Å². The summed E-state index contributed by atoms with van der Waals surface area (Å²) < 4.78 is 39.3. The molecule has 0 aromatic rings. The lowest BCUT2D eigenvalue weighted by Gasteiger charge is -2.21. The van der Waals surface area contributed by atoms with Gasteiger partial charge in [0.2, 0.25) is 0 Å². The van der Waals surface area contributed by atoms with Crippen molar-refractivity contribution in [3.8, 4) is 0 Å². The number of aliphatic hydroxyl groups is 1. The van der Waals surface area contributed by atoms with Crippen LogP contribution in [0, 0.1) is 0 Å². The van der Waals surface area contributed by atoms with Crippen LogP contribution >= 0.6 is 7.82 Å². The van der Waals surface area contributed by atoms with E-state index in [2.05, 4.69) is 112 Å². The highest BCUT2D eigenvalue weighted by atomic mass is 31.2. The van der Waals surface area contributed by atoms with E-state index in [9.17, 15) is 28.9 Å². The van der Waals surface area contributed by atoms with Gasteiger partial charge in [-0.05, 0) is 109 Å². The molecule has 0 radical (unpaired) electrons. The fourth-order valence-electron chi connectivity index (χ4n) is 7.00. The third kappa shape index (κ3) is 51.1. The number of carbonyl (C=O) groups is 3. The van der Waals surface area contributed by atoms with Gasteiger partial charge in [-0.2, -0.15) is 0 Å². The van der Waals surface area contributed by atoms with Crippen LogP contribution < -0.4 is 0 Å². The van der Waals surface area contributed by atoms with Crippen molar-refractivity contribution < 1.29 is 52.2 Å². The molecular formula is C60H99O11P. The monoisotopic (exact) mass is 1030 g/mol. The number of unbranched alkanes of at least 4 members (excludes halogenated alkanes) is 15. The molecule has 0 aliphatic carbocycles. The van der Waals surface area contributed by atoms with Crippen molar-refractivity contribution >= 4 is 25.7 Å². The van der Waals surface area contributed by atoms with E-state index < -0.39 is 57.8 Å². The highest BCUT2D eigenvalue weighted by molar-refractivity contribution is 7.47. The molecule has 0 bridgehead atoms. The second-order valence-corrected chi connectivity index (χ2v) is 19.4. The predicted molar refractivity (Wildman–Crippen MR) is 297 cm³/mol. The summed E-state index contributed by atoms with van der Waals surface area (Å²) in [5.74, 6) is -1.60. The summed E-state index contributed by atoms with van der Waals surface area (Å²) in [5, 5.41) is 9.78. The lowest BCUT2D eigenvalue weighted by Crippen LogP contribution is -2.30. The smallest absolute Gasteiger partial charge is 0.462 e. The summed E-state index contributed by atoms with van der Waals surface area (Å²) >= 11 is 0. The first-order valence-electron chi connectivity index (χ1n) is 27.8. The van der Waals surface area contributed by atoms with Crippen LogP contribution in [0.25, 0.3) is 0 Å². The van der Waals surface area contributed by atoms with Crippen molar-refractivity contribution in [2.24, 2.45) is 0 Å². The Morgan fingerprint density at radius 2 is 0.750 bits per heavy atom. The number of rotatable bonds is 50. The lowest BCUT2D eigenvalue weighted by molar-refractivity contribution is -0.161. The number of aliphatic hydroxyl groups excluding tert-OH is 1. The summed E-state index contributed by atoms with van der Waals surface area (Å²) in [7, 11) is -4.78. The van der Waals surface area contributed by atoms with Crippen LogP contribution in [0.1, 0.15) is 213 Å². The first-order chi connectivity index (χ1) is 35.2. The number of ether oxygens (including phenoxy) is 3. The molecule has 410 valence electrons. The highest BCUT2D eigenvalue weighted by Crippen LogP contribution is 2.43. The van der Waals surface area contributed by atoms with Crippen molar-refractivity contribution in [2.45, 2.75) is 226 Å². The van der Waals surface area contributed by atoms with Crippen LogP contribution in [0.3, 0.4) is 0 Å². The van der Waals surface area contributed by atoms with E-state index in [1.54, 1.807) is 0 Å². The number of hydrogen-bond donors (Lipinski definition) is 2. The molecule has 72 heavy (non-hydrogen) atoms. The van der Waals surface area contributed by atoms with Gasteiger partial charge in [-0.15, -0.1) is 0 Å². The molecule has 0 aliphatic rings. The molecule has 0 spiro atoms. The Hall–Kier alpha value is -3.86. The maximum Gasteiger partial charge on any atom is 0.472 e. The average Bonchev–Trinajstić information content (AvgIpc) is 3.37. The van der Waals surface area contributed by atoms with Gasteiger partial charge in [0.05, 0.1) is 19.8 Å². The molecule has 11 nitrogen and oxygen atoms in total. The zero-order chi connectivity index (χ0) is 52.7. The summed E-state index contributed by atoms with van der Waals surface area (Å²) in [6, 6.07) is 0. The number of allylic oxidation sites excluding steroid dienone is 18. The number of esters is 3. The third-order valence-corrected chi connectivity index (χ3v) is 12.1. The van der Waals surface area contributed by atoms with Crippen LogP contribution in [-0.2, 0) is 42.2 Å². The molecule has 0 amide bonds. The normalized spacial score (nSPS) is 14.2. The topological polar surface area (TPSA) is 155 Å². The molecule has 0 heterocycles. The van der Waals surface area contributed by atoms with Crippen LogP contribution in [-0.4, -0.2) is 66.5 Å². The van der Waals surface area contributed by atoms with Gasteiger partial charge in [-0.1, -0.05) is 194 Å². The molecule has 0 fully saturated rings. The first-order valence-corrected chi connectivity index (χ1v) is 29.3. The molecule has 0 rings (SSSR count). The Morgan fingerprint density at radius 1 is 0.403 bits per heavy atom. The molecule has 3 unspecified atom stereocenters. The van der Waals surface area contributed by atoms with Crippen molar-refractivity contribution in [3.63, 3.8) is 0 Å². The molecule has 12 heteroatoms. The van der Waals surface area contributed by atoms with Gasteiger partial charge in [-0.25, -0.2) is 4.57 Å². The van der Waals surface area contributed by atoms with Crippen molar-refractivity contribution in [1.82, 2.24) is 0 Å². The molecular weight excluding hydrogens is 928 g/mol. The second kappa shape index (κ2) is 53.4. The summed E-state index contributed by atoms with van der Waals surface area (Å²) in [4.78, 5) is 48.4. The Kier molecular flexibility index (Phi) is 50.6.